The van der Waals surface area contributed by atoms with Crippen LogP contribution >= 0.6 is 11.6 Å². The molecule has 0 saturated carbocycles. The highest BCUT2D eigenvalue weighted by molar-refractivity contribution is 6.32. The third-order valence-corrected chi connectivity index (χ3v) is 4.47. The lowest BCUT2D eigenvalue weighted by atomic mass is 10.2. The normalized spacial score (nSPS) is 11.4. The van der Waals surface area contributed by atoms with E-state index in [1.54, 1.807) is 10.9 Å². The van der Waals surface area contributed by atoms with Crippen LogP contribution in [-0.2, 0) is 0 Å². The van der Waals surface area contributed by atoms with Gasteiger partial charge in [0.05, 0.1) is 23.2 Å². The lowest BCUT2D eigenvalue weighted by molar-refractivity contribution is 0.771. The standard InChI is InChI=1S/C20H24ClN7/c1-13(2)20-23-17(11-18(24-20)27(4)5)25-22-12-16-14(3)28(26-19(16)21)15-9-7-6-8-10-15/h6-13H,1-5H3,(H,23,24,25)/b22-12-. The molecule has 28 heavy (non-hydrogen) atoms. The van der Waals surface area contributed by atoms with Crippen molar-refractivity contribution in [3.8, 4) is 5.69 Å². The van der Waals surface area contributed by atoms with Gasteiger partial charge in [-0.25, -0.2) is 14.6 Å². The number of hydrogen-bond donors (Lipinski definition) is 1. The smallest absolute Gasteiger partial charge is 0.160 e. The molecule has 2 aromatic heterocycles. The lowest BCUT2D eigenvalue weighted by Gasteiger charge is -2.15. The fourth-order valence-corrected chi connectivity index (χ4v) is 2.87. The number of para-hydroxylation sites is 1. The number of nitrogens with zero attached hydrogens (tertiary/aromatic N) is 6. The van der Waals surface area contributed by atoms with Crippen molar-refractivity contribution in [3.05, 3.63) is 58.6 Å². The summed E-state index contributed by atoms with van der Waals surface area (Å²) in [5.74, 6) is 2.42. The molecule has 0 unspecified atom stereocenters. The quantitative estimate of drug-likeness (QED) is 0.497. The van der Waals surface area contributed by atoms with Gasteiger partial charge in [0.25, 0.3) is 0 Å². The predicted molar refractivity (Wildman–Crippen MR) is 115 cm³/mol. The van der Waals surface area contributed by atoms with Gasteiger partial charge in [0.2, 0.25) is 0 Å². The van der Waals surface area contributed by atoms with Crippen LogP contribution in [-0.4, -0.2) is 40.1 Å². The molecule has 0 saturated heterocycles. The first-order valence-electron chi connectivity index (χ1n) is 9.02. The topological polar surface area (TPSA) is 71.2 Å². The summed E-state index contributed by atoms with van der Waals surface area (Å²) in [4.78, 5) is 11.0. The Labute approximate surface area is 170 Å². The fraction of sp³-hybridized carbons (Fsp3) is 0.300. The molecule has 146 valence electrons. The summed E-state index contributed by atoms with van der Waals surface area (Å²) in [5, 5.41) is 9.13. The van der Waals surface area contributed by atoms with E-state index in [1.165, 1.54) is 0 Å². The molecule has 0 spiro atoms. The molecule has 0 radical (unpaired) electrons. The summed E-state index contributed by atoms with van der Waals surface area (Å²) in [6, 6.07) is 11.7. The maximum Gasteiger partial charge on any atom is 0.160 e. The Bertz CT molecular complexity index is 951. The molecule has 0 amide bonds. The minimum Gasteiger partial charge on any atom is -0.363 e. The van der Waals surface area contributed by atoms with Gasteiger partial charge in [-0.1, -0.05) is 43.6 Å². The number of halogens is 1. The molecule has 0 aliphatic rings. The highest BCUT2D eigenvalue weighted by Crippen LogP contribution is 2.21. The van der Waals surface area contributed by atoms with Crippen molar-refractivity contribution >= 4 is 29.5 Å². The van der Waals surface area contributed by atoms with Crippen molar-refractivity contribution in [2.75, 3.05) is 24.4 Å². The van der Waals surface area contributed by atoms with Crippen molar-refractivity contribution in [3.63, 3.8) is 0 Å². The second-order valence-electron chi connectivity index (χ2n) is 6.93. The van der Waals surface area contributed by atoms with Crippen LogP contribution in [0.1, 0.15) is 36.8 Å². The van der Waals surface area contributed by atoms with Gasteiger partial charge >= 0.3 is 0 Å². The number of anilines is 2. The van der Waals surface area contributed by atoms with Crippen LogP contribution in [0.5, 0.6) is 0 Å². The van der Waals surface area contributed by atoms with Crippen LogP contribution in [0.25, 0.3) is 5.69 Å². The van der Waals surface area contributed by atoms with Crippen molar-refractivity contribution in [2.24, 2.45) is 5.10 Å². The van der Waals surface area contributed by atoms with Crippen LogP contribution in [0.4, 0.5) is 11.6 Å². The maximum absolute atomic E-state index is 6.33. The van der Waals surface area contributed by atoms with E-state index in [1.807, 2.05) is 62.3 Å². The molecule has 3 aromatic rings. The van der Waals surface area contributed by atoms with E-state index in [4.69, 9.17) is 11.6 Å². The molecule has 0 fully saturated rings. The molecule has 8 heteroatoms. The fourth-order valence-electron chi connectivity index (χ4n) is 2.61. The zero-order chi connectivity index (χ0) is 20.3. The molecule has 1 aromatic carbocycles. The van der Waals surface area contributed by atoms with Gasteiger partial charge in [-0.05, 0) is 19.1 Å². The van der Waals surface area contributed by atoms with E-state index in [2.05, 4.69) is 39.4 Å². The minimum atomic E-state index is 0.213. The Morgan fingerprint density at radius 1 is 1.18 bits per heavy atom. The van der Waals surface area contributed by atoms with Crippen molar-refractivity contribution in [1.29, 1.82) is 0 Å². The van der Waals surface area contributed by atoms with Gasteiger partial charge in [-0.2, -0.15) is 10.2 Å². The van der Waals surface area contributed by atoms with E-state index in [0.717, 1.165) is 28.6 Å². The van der Waals surface area contributed by atoms with Crippen LogP contribution in [0, 0.1) is 6.92 Å². The Kier molecular flexibility index (Phi) is 5.94. The molecule has 0 aliphatic carbocycles. The van der Waals surface area contributed by atoms with Gasteiger partial charge in [0, 0.05) is 26.1 Å². The molecule has 2 heterocycles. The van der Waals surface area contributed by atoms with E-state index < -0.39 is 0 Å². The Morgan fingerprint density at radius 3 is 2.54 bits per heavy atom. The first-order chi connectivity index (χ1) is 13.4. The number of nitrogens with one attached hydrogen (secondary N) is 1. The second-order valence-corrected chi connectivity index (χ2v) is 7.28. The first kappa shape index (κ1) is 19.8. The monoisotopic (exact) mass is 397 g/mol. The predicted octanol–water partition coefficient (Wildman–Crippen LogP) is 4.26. The summed E-state index contributed by atoms with van der Waals surface area (Å²) in [6.07, 6.45) is 1.66. The highest BCUT2D eigenvalue weighted by Gasteiger charge is 2.13. The van der Waals surface area contributed by atoms with E-state index in [0.29, 0.717) is 11.0 Å². The Morgan fingerprint density at radius 2 is 1.89 bits per heavy atom. The zero-order valence-corrected chi connectivity index (χ0v) is 17.4. The van der Waals surface area contributed by atoms with Gasteiger partial charge < -0.3 is 4.90 Å². The molecule has 0 atom stereocenters. The zero-order valence-electron chi connectivity index (χ0n) is 16.7. The van der Waals surface area contributed by atoms with Gasteiger partial charge in [0.1, 0.15) is 11.6 Å². The van der Waals surface area contributed by atoms with Gasteiger partial charge in [0.15, 0.2) is 11.0 Å². The summed E-state index contributed by atoms with van der Waals surface area (Å²) < 4.78 is 1.80. The van der Waals surface area contributed by atoms with Gasteiger partial charge in [-0.15, -0.1) is 0 Å². The number of rotatable bonds is 6. The second kappa shape index (κ2) is 8.39. The van der Waals surface area contributed by atoms with Crippen molar-refractivity contribution in [1.82, 2.24) is 19.7 Å². The Hall–Kier alpha value is -2.93. The number of hydrazone groups is 1. The third-order valence-electron chi connectivity index (χ3n) is 4.20. The summed E-state index contributed by atoms with van der Waals surface area (Å²) in [7, 11) is 3.89. The molecule has 0 aliphatic heterocycles. The van der Waals surface area contributed by atoms with Crippen LogP contribution in [0.2, 0.25) is 5.15 Å². The minimum absolute atomic E-state index is 0.213. The SMILES string of the molecule is Cc1c(/C=N\Nc2cc(N(C)C)nc(C(C)C)n2)c(Cl)nn1-c1ccccc1. The molecule has 3 rings (SSSR count). The van der Waals surface area contributed by atoms with E-state index in [-0.39, 0.29) is 5.92 Å². The number of hydrogen-bond acceptors (Lipinski definition) is 6. The third kappa shape index (κ3) is 4.31. The van der Waals surface area contributed by atoms with Crippen LogP contribution < -0.4 is 10.3 Å². The molecule has 0 bridgehead atoms. The summed E-state index contributed by atoms with van der Waals surface area (Å²) in [6.45, 7) is 6.07. The summed E-state index contributed by atoms with van der Waals surface area (Å²) in [5.41, 5.74) is 5.59. The maximum atomic E-state index is 6.33. The van der Waals surface area contributed by atoms with Crippen LogP contribution in [0.15, 0.2) is 41.5 Å². The molecule has 7 nitrogen and oxygen atoms in total. The first-order valence-corrected chi connectivity index (χ1v) is 9.40. The molecule has 1 N–H and O–H groups in total. The largest absolute Gasteiger partial charge is 0.363 e. The average molecular weight is 398 g/mol. The average Bonchev–Trinajstić information content (AvgIpc) is 2.96. The lowest BCUT2D eigenvalue weighted by Crippen LogP contribution is -2.13. The van der Waals surface area contributed by atoms with Gasteiger partial charge in [-0.3, -0.25) is 5.43 Å². The van der Waals surface area contributed by atoms with E-state index in [9.17, 15) is 0 Å². The number of aromatic nitrogens is 4. The highest BCUT2D eigenvalue weighted by atomic mass is 35.5. The molecular weight excluding hydrogens is 374 g/mol. The van der Waals surface area contributed by atoms with Crippen LogP contribution in [0.3, 0.4) is 0 Å². The van der Waals surface area contributed by atoms with E-state index >= 15 is 0 Å². The Balaban J connectivity index is 1.85. The molecular formula is C20H24ClN7. The van der Waals surface area contributed by atoms with Crippen molar-refractivity contribution in [2.45, 2.75) is 26.7 Å². The van der Waals surface area contributed by atoms with Crippen molar-refractivity contribution < 1.29 is 0 Å². The number of benzene rings is 1. The summed E-state index contributed by atoms with van der Waals surface area (Å²) >= 11 is 6.33.